The van der Waals surface area contributed by atoms with Crippen molar-refractivity contribution in [3.8, 4) is 39.1 Å². The van der Waals surface area contributed by atoms with E-state index in [0.717, 1.165) is 56.5 Å². The first-order valence-electron chi connectivity index (χ1n) is 18.6. The molecule has 6 aromatic rings. The van der Waals surface area contributed by atoms with E-state index in [-0.39, 0.29) is 34.0 Å². The molecule has 0 radical (unpaired) electrons. The third-order valence-corrected chi connectivity index (χ3v) is 11.0. The fourth-order valence-electron chi connectivity index (χ4n) is 6.36. The minimum absolute atomic E-state index is 0.0856. The highest BCUT2D eigenvalue weighted by molar-refractivity contribution is 7.22. The molecule has 1 aliphatic heterocycles. The van der Waals surface area contributed by atoms with Crippen LogP contribution in [-0.4, -0.2) is 93.1 Å². The van der Waals surface area contributed by atoms with E-state index < -0.39 is 30.8 Å². The Balaban J connectivity index is 1.24. The van der Waals surface area contributed by atoms with Crippen molar-refractivity contribution in [3.63, 3.8) is 0 Å². The van der Waals surface area contributed by atoms with Crippen LogP contribution in [-0.2, 0) is 17.9 Å². The third kappa shape index (κ3) is 8.15. The molecule has 1 aliphatic rings. The molecule has 288 valence electrons. The fourth-order valence-corrected chi connectivity index (χ4v) is 7.69. The maximum atomic E-state index is 16.7. The number of benzene rings is 2. The van der Waals surface area contributed by atoms with Crippen LogP contribution in [0.15, 0.2) is 71.5 Å². The van der Waals surface area contributed by atoms with Gasteiger partial charge in [0.15, 0.2) is 6.17 Å². The number of piperazine rings is 1. The van der Waals surface area contributed by atoms with E-state index in [1.165, 1.54) is 47.3 Å². The number of likely N-dealkylation sites (N-methyl/N-ethyl adjacent to an activating group) is 1. The first kappa shape index (κ1) is 35.6. The Labute approximate surface area is 327 Å². The largest absolute Gasteiger partial charge is 0.491 e. The Hall–Kier alpha value is -5.09. The van der Waals surface area contributed by atoms with Crippen molar-refractivity contribution in [2.75, 3.05) is 46.4 Å². The summed E-state index contributed by atoms with van der Waals surface area (Å²) in [4.78, 5) is 26.8. The maximum Gasteiger partial charge on any atom is 0.348 e. The number of hydrogen-bond donors (Lipinski definition) is 1. The van der Waals surface area contributed by atoms with E-state index in [0.29, 0.717) is 50.3 Å². The quantitative estimate of drug-likeness (QED) is 0.110. The zero-order valence-corrected chi connectivity index (χ0v) is 31.7. The molecule has 12 nitrogen and oxygen atoms in total. The number of aryl methyl sites for hydroxylation is 1. The molecule has 0 saturated carbocycles. The van der Waals surface area contributed by atoms with Crippen LogP contribution in [0.25, 0.3) is 32.0 Å². The second-order valence-corrected chi connectivity index (χ2v) is 14.2. The Morgan fingerprint density at radius 2 is 1.89 bits per heavy atom. The molecule has 7 rings (SSSR count). The monoisotopic (exact) mass is 794 g/mol. The van der Waals surface area contributed by atoms with Crippen LogP contribution in [0.1, 0.15) is 32.7 Å². The van der Waals surface area contributed by atoms with Crippen LogP contribution in [0.2, 0.25) is 5.02 Å². The number of ether oxygens (including phenoxy) is 3. The van der Waals surface area contributed by atoms with Crippen LogP contribution in [0, 0.1) is 12.9 Å². The van der Waals surface area contributed by atoms with Crippen molar-refractivity contribution in [1.29, 1.82) is 0 Å². The molecule has 2 aromatic carbocycles. The first-order valence-corrected chi connectivity index (χ1v) is 18.8. The van der Waals surface area contributed by atoms with Gasteiger partial charge in [0.1, 0.15) is 41.6 Å². The second-order valence-electron chi connectivity index (χ2n) is 12.9. The van der Waals surface area contributed by atoms with Gasteiger partial charge in [-0.2, -0.15) is 9.49 Å². The number of alkyl halides is 1. The number of furan rings is 1. The van der Waals surface area contributed by atoms with Crippen LogP contribution >= 0.6 is 22.9 Å². The van der Waals surface area contributed by atoms with Gasteiger partial charge in [-0.3, -0.25) is 9.58 Å². The number of hydrogen-bond acceptors (Lipinski definition) is 11. The number of carbonyl (C=O) groups is 1. The number of nitrogens with zero attached hydrogens (tertiary/aromatic N) is 6. The zero-order chi connectivity index (χ0) is 40.4. The van der Waals surface area contributed by atoms with Crippen LogP contribution in [0.3, 0.4) is 0 Å². The van der Waals surface area contributed by atoms with E-state index in [9.17, 15) is 14.3 Å². The van der Waals surface area contributed by atoms with E-state index in [1.807, 2.05) is 0 Å². The van der Waals surface area contributed by atoms with Gasteiger partial charge in [-0.15, -0.1) is 11.3 Å². The first-order chi connectivity index (χ1) is 27.4. The molecule has 16 heteroatoms. The lowest BCUT2D eigenvalue weighted by Gasteiger charge is -2.32. The number of halogens is 3. The summed E-state index contributed by atoms with van der Waals surface area (Å²) in [5, 5.41) is 15.0. The van der Waals surface area contributed by atoms with E-state index >= 15 is 4.39 Å². The van der Waals surface area contributed by atoms with Crippen molar-refractivity contribution >= 4 is 39.1 Å². The van der Waals surface area contributed by atoms with Gasteiger partial charge in [-0.1, -0.05) is 35.9 Å². The average molecular weight is 795 g/mol. The highest BCUT2D eigenvalue weighted by Gasteiger charge is 2.36. The van der Waals surface area contributed by atoms with Crippen molar-refractivity contribution in [2.24, 2.45) is 0 Å². The highest BCUT2D eigenvalue weighted by atomic mass is 35.5. The molecular formula is C39H39ClF2N6O6S. The Morgan fingerprint density at radius 3 is 2.64 bits per heavy atom. The summed E-state index contributed by atoms with van der Waals surface area (Å²) >= 11 is 8.05. The van der Waals surface area contributed by atoms with Crippen molar-refractivity contribution < 1.29 is 40.1 Å². The average Bonchev–Trinajstić information content (AvgIpc) is 3.95. The summed E-state index contributed by atoms with van der Waals surface area (Å²) in [5.41, 5.74) is 1.33. The van der Waals surface area contributed by atoms with Gasteiger partial charge in [-0.25, -0.2) is 19.2 Å². The number of para-hydroxylation sites is 1. The normalized spacial score (nSPS) is 15.7. The molecule has 2 atom stereocenters. The number of carboxylic acids is 1. The SMILES string of the molecule is [2H]C([2H])(Oc1ccccc1[C@@H](F)[C@H](Oc1ncnc2sc(-c3ccc(F)o3)c(-c3ccc(OCCN4CCN(C)CC4)c(Cl)c3C)c12)C(=O)O)c1ccnn1CC. The third-order valence-electron chi connectivity index (χ3n) is 9.38. The lowest BCUT2D eigenvalue weighted by atomic mass is 9.97. The fraction of sp³-hybridized carbons (Fsp3) is 0.333. The molecule has 0 spiro atoms. The standard InChI is InChI=1S/C39H39ClF2N6O6S/c1-4-48-24(13-14-45-48)21-52-27-8-6-5-7-26(27)34(42)35(39(49)50)54-37-32-31(36(29-11-12-30(41)53-29)55-38(32)44-22-43-37)25-9-10-28(33(40)23(25)2)51-20-19-47-17-15-46(3)16-18-47/h5-14,22,34-35H,4,15-21H2,1-3H3,(H,49,50)/t34-,35+/m1/s1/i21D2. The van der Waals surface area contributed by atoms with Gasteiger partial charge in [-0.05, 0) is 56.3 Å². The summed E-state index contributed by atoms with van der Waals surface area (Å²) in [5.74, 6) is -1.57. The van der Waals surface area contributed by atoms with E-state index in [1.54, 1.807) is 26.0 Å². The molecule has 55 heavy (non-hydrogen) atoms. The summed E-state index contributed by atoms with van der Waals surface area (Å²) in [7, 11) is 2.10. The number of thiophene rings is 1. The molecule has 0 unspecified atom stereocenters. The van der Waals surface area contributed by atoms with Gasteiger partial charge in [0.2, 0.25) is 12.0 Å². The van der Waals surface area contributed by atoms with Crippen molar-refractivity contribution in [2.45, 2.75) is 39.2 Å². The number of aromatic nitrogens is 4. The predicted molar refractivity (Wildman–Crippen MR) is 204 cm³/mol. The van der Waals surface area contributed by atoms with Gasteiger partial charge in [0.25, 0.3) is 6.01 Å². The summed E-state index contributed by atoms with van der Waals surface area (Å²) in [6, 6.07) is 12.3. The van der Waals surface area contributed by atoms with Crippen molar-refractivity contribution in [1.82, 2.24) is 29.5 Å². The summed E-state index contributed by atoms with van der Waals surface area (Å²) < 4.78 is 72.9. The molecule has 0 bridgehead atoms. The molecule has 5 heterocycles. The molecule has 1 fully saturated rings. The van der Waals surface area contributed by atoms with Gasteiger partial charge < -0.3 is 28.6 Å². The molecule has 0 amide bonds. The second kappa shape index (κ2) is 16.7. The Kier molecular flexibility index (Phi) is 10.8. The van der Waals surface area contributed by atoms with Crippen LogP contribution < -0.4 is 14.2 Å². The number of aliphatic carboxylic acids is 1. The Bertz CT molecular complexity index is 2390. The van der Waals surface area contributed by atoms with Crippen LogP contribution in [0.5, 0.6) is 17.4 Å². The van der Waals surface area contributed by atoms with Gasteiger partial charge >= 0.3 is 5.97 Å². The number of carboxylic acid groups (broad SMARTS) is 1. The maximum absolute atomic E-state index is 16.7. The van der Waals surface area contributed by atoms with E-state index in [4.69, 9.17) is 33.0 Å². The van der Waals surface area contributed by atoms with Crippen molar-refractivity contribution in [3.05, 3.63) is 95.0 Å². The molecule has 1 N–H and O–H groups in total. The lowest BCUT2D eigenvalue weighted by molar-refractivity contribution is -0.148. The lowest BCUT2D eigenvalue weighted by Crippen LogP contribution is -2.45. The highest BCUT2D eigenvalue weighted by Crippen LogP contribution is 2.50. The zero-order valence-electron chi connectivity index (χ0n) is 32.2. The minimum Gasteiger partial charge on any atom is -0.491 e. The topological polar surface area (TPSA) is 128 Å². The van der Waals surface area contributed by atoms with Gasteiger partial charge in [0, 0.05) is 62.7 Å². The smallest absolute Gasteiger partial charge is 0.348 e. The molecule has 0 aliphatic carbocycles. The Morgan fingerprint density at radius 1 is 1.09 bits per heavy atom. The summed E-state index contributed by atoms with van der Waals surface area (Å²) in [6.45, 7) is 6.43. The molecular weight excluding hydrogens is 754 g/mol. The van der Waals surface area contributed by atoms with Gasteiger partial charge in [0.05, 0.1) is 23.7 Å². The molecule has 4 aromatic heterocycles. The minimum atomic E-state index is -2.46. The summed E-state index contributed by atoms with van der Waals surface area (Å²) in [6.07, 6.45) is -2.01. The van der Waals surface area contributed by atoms with Crippen LogP contribution in [0.4, 0.5) is 8.78 Å². The number of fused-ring (bicyclic) bond motifs is 1. The number of rotatable bonds is 15. The van der Waals surface area contributed by atoms with E-state index in [2.05, 4.69) is 31.9 Å². The molecule has 1 saturated heterocycles. The predicted octanol–water partition coefficient (Wildman–Crippen LogP) is 7.68.